The van der Waals surface area contributed by atoms with Gasteiger partial charge in [-0.25, -0.2) is 8.42 Å². The number of morpholine rings is 1. The number of nitrogens with zero attached hydrogens (tertiary/aromatic N) is 4. The number of aryl methyl sites for hydroxylation is 2. The zero-order valence-electron chi connectivity index (χ0n) is 17.2. The Balaban J connectivity index is 1.53. The number of aromatic nitrogens is 2. The molecule has 0 radical (unpaired) electrons. The predicted molar refractivity (Wildman–Crippen MR) is 111 cm³/mol. The van der Waals surface area contributed by atoms with Crippen LogP contribution in [0.2, 0.25) is 0 Å². The van der Waals surface area contributed by atoms with E-state index in [1.54, 1.807) is 17.9 Å². The van der Waals surface area contributed by atoms with E-state index < -0.39 is 10.0 Å². The predicted octanol–water partition coefficient (Wildman–Crippen LogP) is 1.93. The summed E-state index contributed by atoms with van der Waals surface area (Å²) in [6.45, 7) is 6.53. The summed E-state index contributed by atoms with van der Waals surface area (Å²) in [6.07, 6.45) is 1.99. The molecule has 0 saturated carbocycles. The molecule has 2 aromatic heterocycles. The second-order valence-electron chi connectivity index (χ2n) is 7.54. The third-order valence-electron chi connectivity index (χ3n) is 5.54. The van der Waals surface area contributed by atoms with Gasteiger partial charge in [-0.15, -0.1) is 11.3 Å². The zero-order chi connectivity index (χ0) is 21.3. The van der Waals surface area contributed by atoms with E-state index in [9.17, 15) is 13.2 Å². The van der Waals surface area contributed by atoms with Crippen molar-refractivity contribution in [2.75, 3.05) is 39.4 Å². The van der Waals surface area contributed by atoms with Crippen LogP contribution in [0.5, 0.6) is 0 Å². The number of thiophene rings is 1. The first kappa shape index (κ1) is 21.4. The van der Waals surface area contributed by atoms with Crippen molar-refractivity contribution < 1.29 is 22.5 Å². The Morgan fingerprint density at radius 3 is 2.77 bits per heavy atom. The van der Waals surface area contributed by atoms with E-state index >= 15 is 0 Å². The molecule has 11 heteroatoms. The van der Waals surface area contributed by atoms with Gasteiger partial charge in [-0.2, -0.15) is 9.29 Å². The number of hydrogen-bond donors (Lipinski definition) is 0. The lowest BCUT2D eigenvalue weighted by Gasteiger charge is -2.35. The summed E-state index contributed by atoms with van der Waals surface area (Å²) in [5, 5.41) is 3.95. The molecular formula is C19H26N4O5S2. The number of amides is 1. The largest absolute Gasteiger partial charge is 0.378 e. The number of carbonyl (C=O) groups excluding carboxylic acids is 1. The quantitative estimate of drug-likeness (QED) is 0.679. The van der Waals surface area contributed by atoms with Crippen LogP contribution in [0.4, 0.5) is 0 Å². The summed E-state index contributed by atoms with van der Waals surface area (Å²) in [7, 11) is -3.71. The van der Waals surface area contributed by atoms with Crippen LogP contribution in [0, 0.1) is 12.8 Å². The SMILES string of the molecule is CCc1nc(-c2cc(S(=O)(=O)N3CCCC(C(=O)N4CCOCC4)C3)c(C)s2)no1. The molecule has 0 bridgehead atoms. The van der Waals surface area contributed by atoms with Gasteiger partial charge in [0.15, 0.2) is 0 Å². The maximum Gasteiger partial charge on any atom is 0.244 e. The molecule has 0 spiro atoms. The Labute approximate surface area is 180 Å². The van der Waals surface area contributed by atoms with Crippen LogP contribution in [0.1, 0.15) is 30.5 Å². The minimum Gasteiger partial charge on any atom is -0.378 e. The van der Waals surface area contributed by atoms with Crippen LogP contribution in [-0.4, -0.2) is 73.1 Å². The molecule has 164 valence electrons. The number of rotatable bonds is 5. The number of hydrogen-bond acceptors (Lipinski definition) is 8. The number of sulfonamides is 1. The summed E-state index contributed by atoms with van der Waals surface area (Å²) in [4.78, 5) is 20.6. The highest BCUT2D eigenvalue weighted by Gasteiger charge is 2.36. The van der Waals surface area contributed by atoms with Gasteiger partial charge < -0.3 is 14.2 Å². The molecule has 9 nitrogen and oxygen atoms in total. The van der Waals surface area contributed by atoms with Gasteiger partial charge in [0.1, 0.15) is 0 Å². The molecule has 4 rings (SSSR count). The van der Waals surface area contributed by atoms with E-state index in [0.29, 0.717) is 73.6 Å². The molecule has 1 atom stereocenters. The van der Waals surface area contributed by atoms with Crippen LogP contribution in [0.3, 0.4) is 0 Å². The first-order chi connectivity index (χ1) is 14.4. The zero-order valence-corrected chi connectivity index (χ0v) is 18.8. The van der Waals surface area contributed by atoms with E-state index in [4.69, 9.17) is 9.26 Å². The lowest BCUT2D eigenvalue weighted by atomic mass is 9.98. The van der Waals surface area contributed by atoms with Gasteiger partial charge in [0.05, 0.1) is 28.9 Å². The van der Waals surface area contributed by atoms with Gasteiger partial charge >= 0.3 is 0 Å². The first-order valence-corrected chi connectivity index (χ1v) is 12.5. The van der Waals surface area contributed by atoms with Crippen molar-refractivity contribution >= 4 is 27.3 Å². The van der Waals surface area contributed by atoms with Gasteiger partial charge in [0, 0.05) is 37.5 Å². The smallest absolute Gasteiger partial charge is 0.244 e. The highest BCUT2D eigenvalue weighted by molar-refractivity contribution is 7.89. The molecule has 0 aromatic carbocycles. The molecule has 1 unspecified atom stereocenters. The molecule has 1 amide bonds. The Hall–Kier alpha value is -1.82. The maximum atomic E-state index is 13.4. The van der Waals surface area contributed by atoms with Crippen LogP contribution < -0.4 is 0 Å². The third kappa shape index (κ3) is 4.16. The van der Waals surface area contributed by atoms with Crippen LogP contribution in [-0.2, 0) is 26.0 Å². The van der Waals surface area contributed by atoms with E-state index in [2.05, 4.69) is 10.1 Å². The lowest BCUT2D eigenvalue weighted by Crippen LogP contribution is -2.49. The summed E-state index contributed by atoms with van der Waals surface area (Å²) < 4.78 is 38.7. The van der Waals surface area contributed by atoms with Crippen molar-refractivity contribution in [3.8, 4) is 10.7 Å². The van der Waals surface area contributed by atoms with E-state index in [-0.39, 0.29) is 23.3 Å². The van der Waals surface area contributed by atoms with Gasteiger partial charge in [0.25, 0.3) is 0 Å². The maximum absolute atomic E-state index is 13.4. The normalized spacial score (nSPS) is 21.1. The molecule has 2 fully saturated rings. The average Bonchev–Trinajstić information content (AvgIpc) is 3.40. The molecule has 0 aliphatic carbocycles. The fraction of sp³-hybridized carbons (Fsp3) is 0.632. The summed E-state index contributed by atoms with van der Waals surface area (Å²) in [6, 6.07) is 1.62. The van der Waals surface area contributed by atoms with E-state index in [1.165, 1.54) is 15.6 Å². The van der Waals surface area contributed by atoms with Crippen molar-refractivity contribution in [3.05, 3.63) is 16.8 Å². The molecule has 2 aliphatic heterocycles. The van der Waals surface area contributed by atoms with E-state index in [0.717, 1.165) is 0 Å². The average molecular weight is 455 g/mol. The second kappa shape index (κ2) is 8.74. The van der Waals surface area contributed by atoms with Crippen LogP contribution in [0.25, 0.3) is 10.7 Å². The molecular weight excluding hydrogens is 428 g/mol. The standard InChI is InChI=1S/C19H26N4O5S2/c1-3-17-20-18(21-28-17)15-11-16(13(2)29-15)30(25,26)23-6-4-5-14(12-23)19(24)22-7-9-27-10-8-22/h11,14H,3-10,12H2,1-2H3. The minimum atomic E-state index is -3.71. The Kier molecular flexibility index (Phi) is 6.24. The lowest BCUT2D eigenvalue weighted by molar-refractivity contribution is -0.140. The summed E-state index contributed by atoms with van der Waals surface area (Å²) in [5.74, 6) is 0.635. The second-order valence-corrected chi connectivity index (χ2v) is 10.7. The first-order valence-electron chi connectivity index (χ1n) is 10.2. The monoisotopic (exact) mass is 454 g/mol. The fourth-order valence-electron chi connectivity index (χ4n) is 3.87. The highest BCUT2D eigenvalue weighted by Crippen LogP contribution is 2.35. The number of carbonyl (C=O) groups is 1. The van der Waals surface area contributed by atoms with Crippen LogP contribution >= 0.6 is 11.3 Å². The topological polar surface area (TPSA) is 106 Å². The van der Waals surface area contributed by atoms with Gasteiger partial charge in [-0.1, -0.05) is 12.1 Å². The third-order valence-corrected chi connectivity index (χ3v) is 8.70. The molecule has 0 N–H and O–H groups in total. The molecule has 2 aliphatic rings. The summed E-state index contributed by atoms with van der Waals surface area (Å²) in [5.41, 5.74) is 0. The van der Waals surface area contributed by atoms with Crippen molar-refractivity contribution in [1.82, 2.24) is 19.3 Å². The van der Waals surface area contributed by atoms with Gasteiger partial charge in [-0.3, -0.25) is 4.79 Å². The molecule has 2 saturated heterocycles. The minimum absolute atomic E-state index is 0.0276. The Morgan fingerprint density at radius 2 is 2.07 bits per heavy atom. The van der Waals surface area contributed by atoms with Crippen molar-refractivity contribution in [3.63, 3.8) is 0 Å². The highest BCUT2D eigenvalue weighted by atomic mass is 32.2. The molecule has 4 heterocycles. The van der Waals surface area contributed by atoms with Crippen molar-refractivity contribution in [2.24, 2.45) is 5.92 Å². The molecule has 2 aromatic rings. The summed E-state index contributed by atoms with van der Waals surface area (Å²) >= 11 is 1.33. The number of piperidine rings is 1. The fourth-order valence-corrected chi connectivity index (χ4v) is 6.88. The molecule has 30 heavy (non-hydrogen) atoms. The van der Waals surface area contributed by atoms with Gasteiger partial charge in [0.2, 0.25) is 27.6 Å². The van der Waals surface area contributed by atoms with E-state index in [1.807, 2.05) is 6.92 Å². The van der Waals surface area contributed by atoms with Crippen molar-refractivity contribution in [2.45, 2.75) is 38.0 Å². The number of ether oxygens (including phenoxy) is 1. The van der Waals surface area contributed by atoms with Crippen molar-refractivity contribution in [1.29, 1.82) is 0 Å². The Morgan fingerprint density at radius 1 is 1.30 bits per heavy atom. The van der Waals surface area contributed by atoms with Gasteiger partial charge in [-0.05, 0) is 25.8 Å². The van der Waals surface area contributed by atoms with Crippen LogP contribution in [0.15, 0.2) is 15.5 Å². The Bertz CT molecular complexity index is 1010.